The van der Waals surface area contributed by atoms with Crippen LogP contribution in [-0.2, 0) is 6.54 Å². The van der Waals surface area contributed by atoms with E-state index in [4.69, 9.17) is 14.5 Å². The van der Waals surface area contributed by atoms with E-state index in [1.54, 1.807) is 11.3 Å². The van der Waals surface area contributed by atoms with Gasteiger partial charge in [0.1, 0.15) is 13.2 Å². The van der Waals surface area contributed by atoms with Crippen LogP contribution in [-0.4, -0.2) is 41.2 Å². The van der Waals surface area contributed by atoms with Crippen LogP contribution in [0.4, 0.5) is 0 Å². The Morgan fingerprint density at radius 1 is 0.969 bits per heavy atom. The molecule has 32 heavy (non-hydrogen) atoms. The molecule has 5 nitrogen and oxygen atoms in total. The van der Waals surface area contributed by atoms with Crippen LogP contribution in [0.15, 0.2) is 60.1 Å². The van der Waals surface area contributed by atoms with E-state index in [-0.39, 0.29) is 0 Å². The monoisotopic (exact) mass is 443 g/mol. The number of nitrogens with zero attached hydrogens (tertiary/aromatic N) is 3. The Morgan fingerprint density at radius 3 is 2.72 bits per heavy atom. The van der Waals surface area contributed by atoms with Gasteiger partial charge in [-0.2, -0.15) is 0 Å². The topological polar surface area (TPSA) is 47.5 Å². The Morgan fingerprint density at radius 2 is 1.81 bits per heavy atom. The van der Waals surface area contributed by atoms with Crippen LogP contribution in [0.5, 0.6) is 11.5 Å². The van der Waals surface area contributed by atoms with E-state index < -0.39 is 0 Å². The summed E-state index contributed by atoms with van der Waals surface area (Å²) in [5.41, 5.74) is 4.57. The van der Waals surface area contributed by atoms with Crippen molar-refractivity contribution in [2.45, 2.75) is 25.3 Å². The van der Waals surface area contributed by atoms with Gasteiger partial charge in [-0.05, 0) is 61.8 Å². The van der Waals surface area contributed by atoms with Crippen LogP contribution in [0, 0.1) is 0 Å². The number of hydrogen-bond acceptors (Lipinski definition) is 6. The number of ether oxygens (including phenoxy) is 2. The normalized spacial score (nSPS) is 17.0. The zero-order valence-corrected chi connectivity index (χ0v) is 18.7. The van der Waals surface area contributed by atoms with Crippen LogP contribution in [0.1, 0.15) is 29.3 Å². The Bertz CT molecular complexity index is 1240. The first-order valence-electron chi connectivity index (χ1n) is 11.2. The van der Waals surface area contributed by atoms with E-state index in [1.807, 2.05) is 12.3 Å². The molecule has 0 unspecified atom stereocenters. The number of para-hydroxylation sites is 1. The average molecular weight is 444 g/mol. The summed E-state index contributed by atoms with van der Waals surface area (Å²) in [5, 5.41) is 4.70. The zero-order chi connectivity index (χ0) is 21.3. The lowest BCUT2D eigenvalue weighted by molar-refractivity contribution is 0.171. The Kier molecular flexibility index (Phi) is 5.25. The molecule has 4 heterocycles. The van der Waals surface area contributed by atoms with Crippen molar-refractivity contribution < 1.29 is 9.47 Å². The SMILES string of the molecule is c1ccc2c(CN3CCC(c4nc(-c5ccc6c(c5)OCCO6)cs4)CC3)ccnc2c1. The summed E-state index contributed by atoms with van der Waals surface area (Å²) in [7, 11) is 0. The van der Waals surface area contributed by atoms with Crippen molar-refractivity contribution in [1.82, 2.24) is 14.9 Å². The molecule has 2 aromatic carbocycles. The summed E-state index contributed by atoms with van der Waals surface area (Å²) in [5.74, 6) is 2.18. The Hall–Kier alpha value is -2.96. The molecule has 2 aliphatic rings. The quantitative estimate of drug-likeness (QED) is 0.416. The van der Waals surface area contributed by atoms with E-state index >= 15 is 0 Å². The highest BCUT2D eigenvalue weighted by Gasteiger charge is 2.24. The van der Waals surface area contributed by atoms with Crippen molar-refractivity contribution >= 4 is 22.2 Å². The van der Waals surface area contributed by atoms with E-state index in [2.05, 4.69) is 57.7 Å². The summed E-state index contributed by atoms with van der Waals surface area (Å²) in [6.45, 7) is 4.40. The van der Waals surface area contributed by atoms with Crippen molar-refractivity contribution in [3.63, 3.8) is 0 Å². The Labute approximate surface area is 191 Å². The molecule has 0 atom stereocenters. The molecule has 1 fully saturated rings. The molecule has 4 aromatic rings. The van der Waals surface area contributed by atoms with Gasteiger partial charge in [-0.3, -0.25) is 9.88 Å². The van der Waals surface area contributed by atoms with Gasteiger partial charge in [0.05, 0.1) is 16.2 Å². The number of benzene rings is 2. The third-order valence-electron chi connectivity index (χ3n) is 6.43. The fourth-order valence-electron chi connectivity index (χ4n) is 4.68. The molecule has 0 N–H and O–H groups in total. The number of pyridine rings is 1. The fourth-order valence-corrected chi connectivity index (χ4v) is 5.68. The lowest BCUT2D eigenvalue weighted by Gasteiger charge is -2.31. The number of rotatable bonds is 4. The minimum absolute atomic E-state index is 0.538. The standard InChI is InChI=1S/C26H25N3O2S/c1-2-4-22-21(3-1)20(7-10-27-22)16-29-11-8-18(9-12-29)26-28-23(17-32-26)19-5-6-24-25(15-19)31-14-13-30-24/h1-7,10,15,17-18H,8-9,11-14,16H2. The van der Waals surface area contributed by atoms with Gasteiger partial charge in [0, 0.05) is 35.0 Å². The molecule has 0 spiro atoms. The van der Waals surface area contributed by atoms with Gasteiger partial charge < -0.3 is 9.47 Å². The maximum absolute atomic E-state index is 5.74. The summed E-state index contributed by atoms with van der Waals surface area (Å²) in [6, 6.07) is 16.7. The first-order valence-corrected chi connectivity index (χ1v) is 12.1. The summed E-state index contributed by atoms with van der Waals surface area (Å²) in [4.78, 5) is 12.1. The summed E-state index contributed by atoms with van der Waals surface area (Å²) < 4.78 is 11.4. The van der Waals surface area contributed by atoms with Gasteiger partial charge in [-0.25, -0.2) is 4.98 Å². The number of thiazole rings is 1. The zero-order valence-electron chi connectivity index (χ0n) is 17.9. The molecule has 6 heteroatoms. The molecule has 2 aliphatic heterocycles. The number of fused-ring (bicyclic) bond motifs is 2. The molecule has 0 radical (unpaired) electrons. The maximum Gasteiger partial charge on any atom is 0.162 e. The second-order valence-electron chi connectivity index (χ2n) is 8.47. The van der Waals surface area contributed by atoms with Crippen LogP contribution in [0.25, 0.3) is 22.2 Å². The molecule has 2 aromatic heterocycles. The lowest BCUT2D eigenvalue weighted by Crippen LogP contribution is -2.32. The van der Waals surface area contributed by atoms with Gasteiger partial charge in [-0.15, -0.1) is 11.3 Å². The van der Waals surface area contributed by atoms with E-state index in [0.29, 0.717) is 19.1 Å². The van der Waals surface area contributed by atoms with Crippen LogP contribution >= 0.6 is 11.3 Å². The Balaban J connectivity index is 1.12. The molecule has 1 saturated heterocycles. The number of piperidine rings is 1. The van der Waals surface area contributed by atoms with E-state index in [1.165, 1.54) is 16.0 Å². The minimum Gasteiger partial charge on any atom is -0.486 e. The molecule has 0 aliphatic carbocycles. The predicted molar refractivity (Wildman–Crippen MR) is 128 cm³/mol. The third kappa shape index (κ3) is 3.85. The molecular weight excluding hydrogens is 418 g/mol. The van der Waals surface area contributed by atoms with Crippen LogP contribution in [0.3, 0.4) is 0 Å². The molecule has 0 saturated carbocycles. The van der Waals surface area contributed by atoms with Gasteiger partial charge in [0.15, 0.2) is 11.5 Å². The highest BCUT2D eigenvalue weighted by molar-refractivity contribution is 7.10. The second-order valence-corrected chi connectivity index (χ2v) is 9.36. The highest BCUT2D eigenvalue weighted by Crippen LogP contribution is 2.37. The van der Waals surface area contributed by atoms with Crippen molar-refractivity contribution in [1.29, 1.82) is 0 Å². The van der Waals surface area contributed by atoms with Crippen LogP contribution < -0.4 is 9.47 Å². The van der Waals surface area contributed by atoms with Crippen molar-refractivity contribution in [2.24, 2.45) is 0 Å². The highest BCUT2D eigenvalue weighted by atomic mass is 32.1. The van der Waals surface area contributed by atoms with Gasteiger partial charge in [0.2, 0.25) is 0 Å². The number of aromatic nitrogens is 2. The molecular formula is C26H25N3O2S. The predicted octanol–water partition coefficient (Wildman–Crippen LogP) is 5.51. The summed E-state index contributed by atoms with van der Waals surface area (Å²) >= 11 is 1.79. The molecule has 0 amide bonds. The fraction of sp³-hybridized carbons (Fsp3) is 0.308. The number of likely N-dealkylation sites (tertiary alicyclic amines) is 1. The van der Waals surface area contributed by atoms with Crippen molar-refractivity contribution in [2.75, 3.05) is 26.3 Å². The molecule has 6 rings (SSSR count). The largest absolute Gasteiger partial charge is 0.486 e. The molecule has 162 valence electrons. The lowest BCUT2D eigenvalue weighted by atomic mass is 9.97. The first kappa shape index (κ1) is 19.7. The first-order chi connectivity index (χ1) is 15.8. The minimum atomic E-state index is 0.538. The van der Waals surface area contributed by atoms with Crippen molar-refractivity contribution in [3.8, 4) is 22.8 Å². The van der Waals surface area contributed by atoms with E-state index in [0.717, 1.165) is 60.7 Å². The second kappa shape index (κ2) is 8.52. The smallest absolute Gasteiger partial charge is 0.162 e. The maximum atomic E-state index is 5.74. The van der Waals surface area contributed by atoms with Gasteiger partial charge in [0.25, 0.3) is 0 Å². The van der Waals surface area contributed by atoms with Crippen molar-refractivity contribution in [3.05, 3.63) is 70.7 Å². The molecule has 0 bridgehead atoms. The van der Waals surface area contributed by atoms with Crippen LogP contribution in [0.2, 0.25) is 0 Å². The van der Waals surface area contributed by atoms with Gasteiger partial charge >= 0.3 is 0 Å². The van der Waals surface area contributed by atoms with Gasteiger partial charge in [-0.1, -0.05) is 18.2 Å². The number of hydrogen-bond donors (Lipinski definition) is 0. The van der Waals surface area contributed by atoms with E-state index in [9.17, 15) is 0 Å². The third-order valence-corrected chi connectivity index (χ3v) is 7.44. The summed E-state index contributed by atoms with van der Waals surface area (Å²) in [6.07, 6.45) is 4.23. The average Bonchev–Trinajstić information content (AvgIpc) is 3.35.